The standard InChI is InChI=1S/C51H32BN3O2/c1-31-23-25-34(26-24-31)55-40-18-8-5-15-35(40)37-29-44(53-41-19-9-11-21-45(41)56-46-22-12-10-20-42(46)53)49-36-16-6-7-17-39(36)54-43-27-33-28-47(32-13-3-2-4-14-32)57-48(33)30-38(43)52(55)50(37)51(49)54/h2-30H,1H3. The molecule has 0 N–H and O–H groups in total. The first-order valence-corrected chi connectivity index (χ1v) is 19.5. The molecule has 0 saturated carbocycles. The van der Waals surface area contributed by atoms with E-state index in [4.69, 9.17) is 9.15 Å². The number of furan rings is 1. The Bertz CT molecular complexity index is 3260. The van der Waals surface area contributed by atoms with Gasteiger partial charge < -0.3 is 23.4 Å². The number of fused-ring (bicyclic) bond motifs is 11. The highest BCUT2D eigenvalue weighted by atomic mass is 16.5. The molecule has 0 amide bonds. The third kappa shape index (κ3) is 4.19. The number of nitrogens with zero attached hydrogens (tertiary/aromatic N) is 3. The molecular weight excluding hydrogens is 697 g/mol. The van der Waals surface area contributed by atoms with Gasteiger partial charge in [-0.15, -0.1) is 0 Å². The minimum Gasteiger partial charge on any atom is -0.456 e. The largest absolute Gasteiger partial charge is 0.456 e. The average molecular weight is 730 g/mol. The maximum Gasteiger partial charge on any atom is 0.333 e. The van der Waals surface area contributed by atoms with Gasteiger partial charge in [0.1, 0.15) is 11.3 Å². The molecule has 3 aliphatic rings. The van der Waals surface area contributed by atoms with Crippen LogP contribution in [0.1, 0.15) is 5.56 Å². The predicted octanol–water partition coefficient (Wildman–Crippen LogP) is 12.3. The minimum absolute atomic E-state index is 0.139. The molecule has 0 aliphatic carbocycles. The Morgan fingerprint density at radius 1 is 0.544 bits per heavy atom. The van der Waals surface area contributed by atoms with Gasteiger partial charge >= 0.3 is 6.85 Å². The minimum atomic E-state index is -0.139. The van der Waals surface area contributed by atoms with E-state index in [1.54, 1.807) is 0 Å². The molecule has 0 atom stereocenters. The zero-order valence-corrected chi connectivity index (χ0v) is 31.0. The molecule has 0 saturated heterocycles. The van der Waals surface area contributed by atoms with Crippen LogP contribution in [-0.2, 0) is 0 Å². The number of hydrogen-bond donors (Lipinski definition) is 0. The first-order valence-electron chi connectivity index (χ1n) is 19.5. The van der Waals surface area contributed by atoms with Crippen molar-refractivity contribution >= 4 is 79.0 Å². The van der Waals surface area contributed by atoms with Gasteiger partial charge in [-0.3, -0.25) is 0 Å². The van der Waals surface area contributed by atoms with E-state index in [0.29, 0.717) is 0 Å². The van der Waals surface area contributed by atoms with Crippen molar-refractivity contribution in [3.63, 3.8) is 0 Å². The summed E-state index contributed by atoms with van der Waals surface area (Å²) < 4.78 is 15.8. The fourth-order valence-electron chi connectivity index (χ4n) is 9.77. The van der Waals surface area contributed by atoms with Crippen LogP contribution in [0.3, 0.4) is 0 Å². The molecule has 57 heavy (non-hydrogen) atoms. The van der Waals surface area contributed by atoms with Gasteiger partial charge in [0.25, 0.3) is 0 Å². The summed E-state index contributed by atoms with van der Waals surface area (Å²) in [5.74, 6) is 2.54. The summed E-state index contributed by atoms with van der Waals surface area (Å²) in [5, 5.41) is 3.50. The van der Waals surface area contributed by atoms with Crippen LogP contribution in [0.4, 0.5) is 28.4 Å². The Morgan fingerprint density at radius 3 is 2.02 bits per heavy atom. The summed E-state index contributed by atoms with van der Waals surface area (Å²) in [6.07, 6.45) is 0. The molecule has 0 spiro atoms. The zero-order valence-electron chi connectivity index (χ0n) is 31.0. The van der Waals surface area contributed by atoms with E-state index < -0.39 is 0 Å². The number of aromatic nitrogens is 1. The Labute approximate surface area is 329 Å². The Morgan fingerprint density at radius 2 is 1.23 bits per heavy atom. The maximum absolute atomic E-state index is 6.74. The van der Waals surface area contributed by atoms with Crippen LogP contribution < -0.4 is 25.4 Å². The van der Waals surface area contributed by atoms with Crippen molar-refractivity contribution in [2.45, 2.75) is 6.92 Å². The monoisotopic (exact) mass is 729 g/mol. The third-order valence-electron chi connectivity index (χ3n) is 12.2. The number of benzene rings is 8. The Hall–Kier alpha value is -7.44. The molecule has 8 aromatic carbocycles. The Balaban J connectivity index is 1.21. The lowest BCUT2D eigenvalue weighted by molar-refractivity contribution is 0.477. The van der Waals surface area contributed by atoms with Gasteiger partial charge in [-0.2, -0.15) is 0 Å². The van der Waals surface area contributed by atoms with E-state index in [1.807, 2.05) is 6.07 Å². The van der Waals surface area contributed by atoms with Crippen molar-refractivity contribution in [3.05, 3.63) is 181 Å². The van der Waals surface area contributed by atoms with E-state index in [1.165, 1.54) is 55.1 Å². The number of hydrogen-bond acceptors (Lipinski definition) is 4. The summed E-state index contributed by atoms with van der Waals surface area (Å²) in [6, 6.07) is 63.3. The van der Waals surface area contributed by atoms with Gasteiger partial charge in [-0.1, -0.05) is 109 Å². The summed E-state index contributed by atoms with van der Waals surface area (Å²) in [4.78, 5) is 4.98. The molecule has 266 valence electrons. The highest BCUT2D eigenvalue weighted by molar-refractivity contribution is 6.94. The molecule has 2 aromatic heterocycles. The molecule has 10 aromatic rings. The van der Waals surface area contributed by atoms with Crippen molar-refractivity contribution in [1.82, 2.24) is 4.57 Å². The van der Waals surface area contributed by atoms with E-state index in [2.05, 4.69) is 191 Å². The second-order valence-corrected chi connectivity index (χ2v) is 15.4. The van der Waals surface area contributed by atoms with Crippen molar-refractivity contribution in [2.75, 3.05) is 9.71 Å². The first-order chi connectivity index (χ1) is 28.2. The van der Waals surface area contributed by atoms with Crippen LogP contribution in [0.25, 0.3) is 60.9 Å². The van der Waals surface area contributed by atoms with E-state index in [0.717, 1.165) is 62.2 Å². The van der Waals surface area contributed by atoms with Crippen LogP contribution in [0.5, 0.6) is 11.5 Å². The second kappa shape index (κ2) is 11.3. The lowest BCUT2D eigenvalue weighted by Crippen LogP contribution is -2.60. The smallest absolute Gasteiger partial charge is 0.333 e. The fraction of sp³-hybridized carbons (Fsp3) is 0.0196. The van der Waals surface area contributed by atoms with Crippen LogP contribution >= 0.6 is 0 Å². The lowest BCUT2D eigenvalue weighted by Gasteiger charge is -2.42. The molecule has 13 rings (SSSR count). The van der Waals surface area contributed by atoms with Crippen molar-refractivity contribution in [3.8, 4) is 39.6 Å². The maximum atomic E-state index is 6.74. The number of ether oxygens (including phenoxy) is 1. The number of para-hydroxylation sites is 6. The van der Waals surface area contributed by atoms with Crippen molar-refractivity contribution in [2.24, 2.45) is 0 Å². The molecule has 0 bridgehead atoms. The second-order valence-electron chi connectivity index (χ2n) is 15.4. The van der Waals surface area contributed by atoms with E-state index >= 15 is 0 Å². The van der Waals surface area contributed by atoms with Gasteiger partial charge in [0, 0.05) is 44.3 Å². The zero-order chi connectivity index (χ0) is 37.4. The summed E-state index contributed by atoms with van der Waals surface area (Å²) >= 11 is 0. The number of rotatable bonds is 3. The molecular formula is C51H32BN3O2. The predicted molar refractivity (Wildman–Crippen MR) is 235 cm³/mol. The first kappa shape index (κ1) is 30.8. The average Bonchev–Trinajstić information content (AvgIpc) is 3.85. The molecule has 5 nitrogen and oxygen atoms in total. The molecule has 0 radical (unpaired) electrons. The summed E-state index contributed by atoms with van der Waals surface area (Å²) in [7, 11) is 0. The fourth-order valence-corrected chi connectivity index (χ4v) is 9.77. The van der Waals surface area contributed by atoms with Gasteiger partial charge in [-0.25, -0.2) is 0 Å². The third-order valence-corrected chi connectivity index (χ3v) is 12.2. The normalized spacial score (nSPS) is 13.4. The molecule has 3 aliphatic heterocycles. The highest BCUT2D eigenvalue weighted by Crippen LogP contribution is 2.55. The highest BCUT2D eigenvalue weighted by Gasteiger charge is 2.45. The van der Waals surface area contributed by atoms with Crippen molar-refractivity contribution in [1.29, 1.82) is 0 Å². The number of anilines is 5. The molecule has 0 unspecified atom stereocenters. The lowest BCUT2D eigenvalue weighted by atomic mass is 9.44. The topological polar surface area (TPSA) is 33.8 Å². The molecule has 0 fully saturated rings. The van der Waals surface area contributed by atoms with Crippen molar-refractivity contribution < 1.29 is 9.15 Å². The molecule has 5 heterocycles. The summed E-state index contributed by atoms with van der Waals surface area (Å²) in [5.41, 5.74) is 17.1. The summed E-state index contributed by atoms with van der Waals surface area (Å²) in [6.45, 7) is 2.02. The Kier molecular flexibility index (Phi) is 6.12. The van der Waals surface area contributed by atoms with Crippen LogP contribution in [0.2, 0.25) is 0 Å². The molecule has 6 heteroatoms. The van der Waals surface area contributed by atoms with Crippen LogP contribution in [0.15, 0.2) is 180 Å². The van der Waals surface area contributed by atoms with E-state index in [9.17, 15) is 0 Å². The van der Waals surface area contributed by atoms with Gasteiger partial charge in [0.2, 0.25) is 0 Å². The SMILES string of the molecule is Cc1ccc(N2B3c4cc5oc(-c6ccccc6)cc5cc4-n4c5ccccc5c5c(N6c7ccccc7Oc7ccccc76)cc(c3c54)-c3ccccc32)cc1. The quantitative estimate of drug-likeness (QED) is 0.170. The van der Waals surface area contributed by atoms with Gasteiger partial charge in [0.15, 0.2) is 11.5 Å². The number of aryl methyl sites for hydroxylation is 1. The van der Waals surface area contributed by atoms with E-state index in [-0.39, 0.29) is 6.85 Å². The van der Waals surface area contributed by atoms with Gasteiger partial charge in [0.05, 0.1) is 28.1 Å². The van der Waals surface area contributed by atoms with Crippen LogP contribution in [0, 0.1) is 6.92 Å². The van der Waals surface area contributed by atoms with Gasteiger partial charge in [-0.05, 0) is 96.2 Å². The van der Waals surface area contributed by atoms with Crippen LogP contribution in [-0.4, -0.2) is 11.4 Å².